The fourth-order valence-electron chi connectivity index (χ4n) is 7.29. The van der Waals surface area contributed by atoms with E-state index in [4.69, 9.17) is 0 Å². The van der Waals surface area contributed by atoms with Crippen LogP contribution >= 0.6 is 0 Å². The number of hydrogen-bond donors (Lipinski definition) is 0. The largest absolute Gasteiger partial charge is 4.00 e. The smallest absolute Gasteiger partial charge is 0.358 e. The molecule has 0 aliphatic rings. The molecule has 0 amide bonds. The maximum atomic E-state index is 13.2. The molecule has 0 nitrogen and oxygen atoms in total. The van der Waals surface area contributed by atoms with Gasteiger partial charge in [0, 0.05) is 0 Å². The van der Waals surface area contributed by atoms with Crippen LogP contribution in [0.4, 0.5) is 26.3 Å². The van der Waals surface area contributed by atoms with Gasteiger partial charge in [-0.2, -0.15) is 38.5 Å². The minimum absolute atomic E-state index is 0. The standard InChI is InChI=1S/C38H32F6Si.2CH3.Hf/c1-23(2)45(24(3)4,31-19-27-7-5-9-33(35(27)21-31)25-11-15-29(16-12-25)37(39,40)41)32-20-28-8-6-10-34(36(28)22-32)26-13-17-30(18-14-26)38(42,43)44;;;/h5-24H,1-4H3;2*1H3;/q-2;2*-1;+4. The van der Waals surface area contributed by atoms with Gasteiger partial charge in [0.25, 0.3) is 0 Å². The molecule has 6 rings (SSSR count). The van der Waals surface area contributed by atoms with E-state index in [-0.39, 0.29) is 40.7 Å². The fourth-order valence-corrected chi connectivity index (χ4v) is 13.2. The first-order chi connectivity index (χ1) is 21.2. The molecule has 8 heteroatoms. The molecule has 48 heavy (non-hydrogen) atoms. The molecule has 0 heterocycles. The molecule has 0 unspecified atom stereocenters. The number of hydrogen-bond acceptors (Lipinski definition) is 0. The molecule has 6 aromatic carbocycles. The molecule has 0 N–H and O–H groups in total. The van der Waals surface area contributed by atoms with Gasteiger partial charge in [-0.25, -0.2) is 0 Å². The van der Waals surface area contributed by atoms with E-state index >= 15 is 0 Å². The van der Waals surface area contributed by atoms with E-state index in [1.807, 2.05) is 24.3 Å². The van der Waals surface area contributed by atoms with Crippen LogP contribution in [0.2, 0.25) is 11.1 Å². The first-order valence-corrected chi connectivity index (χ1v) is 17.1. The molecular formula is C40H38F6HfSi. The van der Waals surface area contributed by atoms with Crippen LogP contribution in [0.3, 0.4) is 0 Å². The molecule has 0 saturated carbocycles. The third-order valence-corrected chi connectivity index (χ3v) is 15.5. The van der Waals surface area contributed by atoms with Crippen LogP contribution in [0.15, 0.2) is 109 Å². The maximum absolute atomic E-state index is 13.2. The Hall–Kier alpha value is -3.23. The SMILES string of the molecule is CC(C)[Si](c1cc2c(-c3ccc(C(F)(F)F)cc3)cccc2[cH-]1)(c1cc2c(-c3ccc(C(F)(F)F)cc3)cccc2[cH-]1)C(C)C.[CH3-].[CH3-].[Hf+4]. The summed E-state index contributed by atoms with van der Waals surface area (Å²) in [6, 6.07) is 31.5. The summed E-state index contributed by atoms with van der Waals surface area (Å²) in [6.45, 7) is 9.04. The van der Waals surface area contributed by atoms with Gasteiger partial charge in [0.05, 0.1) is 19.2 Å². The Morgan fingerprint density at radius 1 is 0.521 bits per heavy atom. The van der Waals surface area contributed by atoms with E-state index < -0.39 is 31.6 Å². The second-order valence-corrected chi connectivity index (χ2v) is 17.6. The number of fused-ring (bicyclic) bond motifs is 2. The molecule has 0 atom stereocenters. The Bertz CT molecular complexity index is 1830. The van der Waals surface area contributed by atoms with Crippen LogP contribution in [0.5, 0.6) is 0 Å². The number of rotatable bonds is 6. The zero-order valence-electron chi connectivity index (χ0n) is 27.8. The van der Waals surface area contributed by atoms with Crippen LogP contribution in [-0.2, 0) is 38.2 Å². The molecule has 0 radical (unpaired) electrons. The van der Waals surface area contributed by atoms with Gasteiger partial charge in [0.15, 0.2) is 0 Å². The van der Waals surface area contributed by atoms with Crippen molar-refractivity contribution >= 4 is 40.0 Å². The van der Waals surface area contributed by atoms with Gasteiger partial charge >= 0.3 is 38.2 Å². The van der Waals surface area contributed by atoms with Gasteiger partial charge in [-0.3, -0.25) is 0 Å². The Kier molecular flexibility index (Phi) is 11.7. The predicted octanol–water partition coefficient (Wildman–Crippen LogP) is 12.1. The van der Waals surface area contributed by atoms with Gasteiger partial charge in [-0.1, -0.05) is 75.2 Å². The van der Waals surface area contributed by atoms with Crippen molar-refractivity contribution in [3.05, 3.63) is 135 Å². The fraction of sp³-hybridized carbons (Fsp3) is 0.200. The average Bonchev–Trinajstić information content (AvgIpc) is 3.61. The molecule has 0 bridgehead atoms. The quantitative estimate of drug-likeness (QED) is 0.0890. The Morgan fingerprint density at radius 3 is 1.15 bits per heavy atom. The van der Waals surface area contributed by atoms with Crippen LogP contribution in [0.1, 0.15) is 38.8 Å². The number of alkyl halides is 6. The molecule has 0 aliphatic carbocycles. The van der Waals surface area contributed by atoms with Gasteiger partial charge in [-0.15, -0.1) is 68.3 Å². The van der Waals surface area contributed by atoms with Crippen LogP contribution in [0.25, 0.3) is 43.8 Å². The molecule has 6 aromatic rings. The second-order valence-electron chi connectivity index (χ2n) is 12.4. The van der Waals surface area contributed by atoms with Crippen molar-refractivity contribution in [3.63, 3.8) is 0 Å². The normalized spacial score (nSPS) is 12.2. The summed E-state index contributed by atoms with van der Waals surface area (Å²) >= 11 is 0. The van der Waals surface area contributed by atoms with Crippen molar-refractivity contribution < 1.29 is 52.2 Å². The minimum atomic E-state index is -4.40. The summed E-state index contributed by atoms with van der Waals surface area (Å²) in [5, 5.41) is 6.62. The number of halogens is 6. The van der Waals surface area contributed by atoms with Crippen molar-refractivity contribution in [1.29, 1.82) is 0 Å². The van der Waals surface area contributed by atoms with E-state index in [1.165, 1.54) is 34.6 Å². The van der Waals surface area contributed by atoms with E-state index in [0.717, 1.165) is 68.1 Å². The zero-order chi connectivity index (χ0) is 32.3. The van der Waals surface area contributed by atoms with E-state index in [9.17, 15) is 26.3 Å². The summed E-state index contributed by atoms with van der Waals surface area (Å²) < 4.78 is 79.5. The predicted molar refractivity (Wildman–Crippen MR) is 188 cm³/mol. The molecule has 0 saturated heterocycles. The third kappa shape index (κ3) is 6.80. The van der Waals surface area contributed by atoms with Gasteiger partial charge in [0.2, 0.25) is 0 Å². The Labute approximate surface area is 299 Å². The first-order valence-electron chi connectivity index (χ1n) is 15.0. The van der Waals surface area contributed by atoms with Crippen molar-refractivity contribution in [3.8, 4) is 22.3 Å². The molecule has 0 aromatic heterocycles. The molecule has 0 fully saturated rings. The molecule has 0 aliphatic heterocycles. The van der Waals surface area contributed by atoms with Crippen molar-refractivity contribution in [2.75, 3.05) is 0 Å². The minimum Gasteiger partial charge on any atom is -0.358 e. The van der Waals surface area contributed by atoms with Crippen LogP contribution in [-0.4, -0.2) is 8.07 Å². The zero-order valence-corrected chi connectivity index (χ0v) is 32.4. The summed E-state index contributed by atoms with van der Waals surface area (Å²) in [4.78, 5) is 0. The van der Waals surface area contributed by atoms with E-state index in [0.29, 0.717) is 11.1 Å². The Morgan fingerprint density at radius 2 is 0.854 bits per heavy atom. The van der Waals surface area contributed by atoms with Gasteiger partial charge < -0.3 is 14.9 Å². The van der Waals surface area contributed by atoms with E-state index in [2.05, 4.69) is 64.1 Å². The maximum Gasteiger partial charge on any atom is 4.00 e. The summed E-state index contributed by atoms with van der Waals surface area (Å²) in [5.74, 6) is 0. The molecular weight excluding hydrogens is 801 g/mol. The third-order valence-electron chi connectivity index (χ3n) is 9.32. The van der Waals surface area contributed by atoms with Crippen LogP contribution < -0.4 is 10.4 Å². The topological polar surface area (TPSA) is 0 Å². The summed E-state index contributed by atoms with van der Waals surface area (Å²) in [5.41, 5.74) is 2.49. The number of benzene rings is 4. The summed E-state index contributed by atoms with van der Waals surface area (Å²) in [6.07, 6.45) is -8.79. The molecule has 0 spiro atoms. The molecule has 248 valence electrons. The van der Waals surface area contributed by atoms with Crippen LogP contribution in [0, 0.1) is 14.9 Å². The van der Waals surface area contributed by atoms with Crippen molar-refractivity contribution in [2.24, 2.45) is 0 Å². The van der Waals surface area contributed by atoms with Crippen molar-refractivity contribution in [1.82, 2.24) is 0 Å². The monoisotopic (exact) mass is 840 g/mol. The van der Waals surface area contributed by atoms with Crippen molar-refractivity contribution in [2.45, 2.75) is 51.1 Å². The first kappa shape index (κ1) is 39.2. The van der Waals surface area contributed by atoms with E-state index in [1.54, 1.807) is 0 Å². The van der Waals surface area contributed by atoms with Gasteiger partial charge in [0.1, 0.15) is 0 Å². The summed E-state index contributed by atoms with van der Waals surface area (Å²) in [7, 11) is -2.48. The Balaban J connectivity index is 0.00000208. The second kappa shape index (κ2) is 14.3. The average molecular weight is 839 g/mol. The van der Waals surface area contributed by atoms with Gasteiger partial charge in [-0.05, 0) is 46.5 Å².